The van der Waals surface area contributed by atoms with E-state index >= 15 is 0 Å². The number of rotatable bonds is 5. The Balaban J connectivity index is 1.42. The van der Waals surface area contributed by atoms with Gasteiger partial charge in [0.05, 0.1) is 5.92 Å². The van der Waals surface area contributed by atoms with Crippen LogP contribution in [0.1, 0.15) is 41.5 Å². The number of carbonyl (C=O) groups is 1. The van der Waals surface area contributed by atoms with Gasteiger partial charge in [-0.3, -0.25) is 4.79 Å². The Hall–Kier alpha value is -3.02. The number of fused-ring (bicyclic) bond motifs is 1. The summed E-state index contributed by atoms with van der Waals surface area (Å²) in [5, 5.41) is 9.21. The van der Waals surface area contributed by atoms with Gasteiger partial charge in [0, 0.05) is 5.57 Å². The van der Waals surface area contributed by atoms with Crippen molar-refractivity contribution in [3.8, 4) is 5.75 Å². The van der Waals surface area contributed by atoms with E-state index < -0.39 is 17.7 Å². The molecule has 6 heteroatoms. The predicted molar refractivity (Wildman–Crippen MR) is 112 cm³/mol. The number of carboxylic acids is 1. The summed E-state index contributed by atoms with van der Waals surface area (Å²) in [6.07, 6.45) is 0.720. The van der Waals surface area contributed by atoms with Gasteiger partial charge in [0.15, 0.2) is 0 Å². The van der Waals surface area contributed by atoms with Crippen LogP contribution in [0.3, 0.4) is 0 Å². The minimum absolute atomic E-state index is 0.00603. The zero-order valence-electron chi connectivity index (χ0n) is 16.9. The molecule has 2 aliphatic carbocycles. The summed E-state index contributed by atoms with van der Waals surface area (Å²) in [6.45, 7) is 0.349. The minimum atomic E-state index is -4.26. The molecule has 162 valence electrons. The molecule has 3 nitrogen and oxygen atoms in total. The van der Waals surface area contributed by atoms with Crippen LogP contribution in [-0.2, 0) is 24.2 Å². The van der Waals surface area contributed by atoms with Crippen LogP contribution in [0.25, 0.3) is 5.57 Å². The van der Waals surface area contributed by atoms with Crippen molar-refractivity contribution in [3.05, 3.63) is 82.4 Å². The van der Waals surface area contributed by atoms with E-state index in [1.807, 2.05) is 42.5 Å². The molecular formula is C25H23F3O3. The summed E-state index contributed by atoms with van der Waals surface area (Å²) < 4.78 is 44.4. The SMILES string of the molecule is O=C(O)C1CCc2cc(OCc3cccc(C4=CC=C(C(F)(F)F)CC4)c3)ccc2C1. The highest BCUT2D eigenvalue weighted by Crippen LogP contribution is 2.36. The van der Waals surface area contributed by atoms with Crippen molar-refractivity contribution in [2.24, 2.45) is 5.92 Å². The fourth-order valence-corrected chi connectivity index (χ4v) is 4.17. The Morgan fingerprint density at radius 3 is 2.58 bits per heavy atom. The first kappa shape index (κ1) is 21.2. The first-order valence-corrected chi connectivity index (χ1v) is 10.3. The molecule has 0 heterocycles. The lowest BCUT2D eigenvalue weighted by Crippen LogP contribution is -2.22. The Bertz CT molecular complexity index is 1050. The number of aliphatic carboxylic acids is 1. The van der Waals surface area contributed by atoms with Crippen LogP contribution < -0.4 is 4.74 Å². The van der Waals surface area contributed by atoms with Gasteiger partial charge in [-0.15, -0.1) is 0 Å². The quantitative estimate of drug-likeness (QED) is 0.624. The van der Waals surface area contributed by atoms with Crippen molar-refractivity contribution in [1.82, 2.24) is 0 Å². The predicted octanol–water partition coefficient (Wildman–Crippen LogP) is 6.12. The Kier molecular flexibility index (Phi) is 5.90. The monoisotopic (exact) mass is 428 g/mol. The average molecular weight is 428 g/mol. The molecule has 0 bridgehead atoms. The molecule has 1 unspecified atom stereocenters. The number of alkyl halides is 3. The zero-order chi connectivity index (χ0) is 22.0. The van der Waals surface area contributed by atoms with E-state index in [1.165, 1.54) is 6.08 Å². The fraction of sp³-hybridized carbons (Fsp3) is 0.320. The van der Waals surface area contributed by atoms with Crippen LogP contribution in [0.2, 0.25) is 0 Å². The van der Waals surface area contributed by atoms with E-state index in [2.05, 4.69) is 0 Å². The lowest BCUT2D eigenvalue weighted by Gasteiger charge is -2.22. The van der Waals surface area contributed by atoms with E-state index in [0.717, 1.165) is 40.0 Å². The summed E-state index contributed by atoms with van der Waals surface area (Å²) in [4.78, 5) is 11.2. The van der Waals surface area contributed by atoms with Crippen LogP contribution in [0.4, 0.5) is 13.2 Å². The molecule has 1 N–H and O–H groups in total. The molecular weight excluding hydrogens is 405 g/mol. The molecule has 1 atom stereocenters. The maximum Gasteiger partial charge on any atom is 0.412 e. The van der Waals surface area contributed by atoms with Crippen molar-refractivity contribution in [3.63, 3.8) is 0 Å². The highest BCUT2D eigenvalue weighted by molar-refractivity contribution is 5.71. The Morgan fingerprint density at radius 2 is 1.87 bits per heavy atom. The number of allylic oxidation sites excluding steroid dienone is 4. The number of aryl methyl sites for hydroxylation is 1. The number of benzene rings is 2. The van der Waals surface area contributed by atoms with E-state index in [4.69, 9.17) is 4.74 Å². The molecule has 0 fully saturated rings. The third-order valence-electron chi connectivity index (χ3n) is 5.97. The molecule has 0 aliphatic heterocycles. The molecule has 0 amide bonds. The molecule has 2 aromatic carbocycles. The van der Waals surface area contributed by atoms with Crippen LogP contribution in [0, 0.1) is 5.92 Å². The summed E-state index contributed by atoms with van der Waals surface area (Å²) in [6, 6.07) is 13.4. The van der Waals surface area contributed by atoms with Crippen LogP contribution >= 0.6 is 0 Å². The molecule has 2 aliphatic rings. The van der Waals surface area contributed by atoms with E-state index in [9.17, 15) is 23.1 Å². The summed E-state index contributed by atoms with van der Waals surface area (Å²) in [5.41, 5.74) is 4.43. The van der Waals surface area contributed by atoms with Crippen LogP contribution in [0.5, 0.6) is 5.75 Å². The van der Waals surface area contributed by atoms with Gasteiger partial charge in [-0.05, 0) is 78.1 Å². The Morgan fingerprint density at radius 1 is 1.03 bits per heavy atom. The van der Waals surface area contributed by atoms with Gasteiger partial charge in [-0.25, -0.2) is 0 Å². The smallest absolute Gasteiger partial charge is 0.412 e. The second-order valence-corrected chi connectivity index (χ2v) is 8.08. The fourth-order valence-electron chi connectivity index (χ4n) is 4.17. The van der Waals surface area contributed by atoms with Crippen molar-refractivity contribution >= 4 is 11.5 Å². The van der Waals surface area contributed by atoms with Crippen LogP contribution in [-0.4, -0.2) is 17.3 Å². The molecule has 0 aromatic heterocycles. The van der Waals surface area contributed by atoms with Gasteiger partial charge >= 0.3 is 12.1 Å². The lowest BCUT2D eigenvalue weighted by atomic mass is 9.84. The van der Waals surface area contributed by atoms with Crippen molar-refractivity contribution in [2.45, 2.75) is 44.9 Å². The van der Waals surface area contributed by atoms with Gasteiger partial charge in [0.1, 0.15) is 12.4 Å². The summed E-state index contributed by atoms with van der Waals surface area (Å²) in [5.74, 6) is -0.338. The summed E-state index contributed by atoms with van der Waals surface area (Å²) >= 11 is 0. The van der Waals surface area contributed by atoms with Gasteiger partial charge in [0.25, 0.3) is 0 Å². The number of ether oxygens (including phenoxy) is 1. The van der Waals surface area contributed by atoms with E-state index in [1.54, 1.807) is 6.08 Å². The normalized spacial score (nSPS) is 18.6. The number of halogens is 3. The third-order valence-corrected chi connectivity index (χ3v) is 5.97. The maximum absolute atomic E-state index is 12.8. The van der Waals surface area contributed by atoms with Crippen LogP contribution in [0.15, 0.2) is 60.2 Å². The molecule has 4 rings (SSSR count). The standard InChI is InChI=1S/C25H23F3O3/c26-25(27,28)22-9-6-17(7-10-22)18-3-1-2-16(12-18)15-31-23-11-8-19-13-21(24(29)30)5-4-20(19)14-23/h1-3,6,8-9,11-12,14,21H,4-5,7,10,13,15H2,(H,29,30). The molecule has 0 spiro atoms. The van der Waals surface area contributed by atoms with Gasteiger partial charge in [0.2, 0.25) is 0 Å². The van der Waals surface area contributed by atoms with E-state index in [0.29, 0.717) is 25.9 Å². The highest BCUT2D eigenvalue weighted by Gasteiger charge is 2.33. The second kappa shape index (κ2) is 8.61. The minimum Gasteiger partial charge on any atom is -0.489 e. The topological polar surface area (TPSA) is 46.5 Å². The second-order valence-electron chi connectivity index (χ2n) is 8.08. The average Bonchev–Trinajstić information content (AvgIpc) is 2.77. The van der Waals surface area contributed by atoms with E-state index in [-0.39, 0.29) is 12.3 Å². The number of carboxylic acid groups (broad SMARTS) is 1. The zero-order valence-corrected chi connectivity index (χ0v) is 16.9. The first-order chi connectivity index (χ1) is 14.8. The maximum atomic E-state index is 12.8. The third kappa shape index (κ3) is 5.01. The molecule has 0 saturated heterocycles. The molecule has 2 aromatic rings. The lowest BCUT2D eigenvalue weighted by molar-refractivity contribution is -0.142. The van der Waals surface area contributed by atoms with Gasteiger partial charge < -0.3 is 9.84 Å². The van der Waals surface area contributed by atoms with Crippen molar-refractivity contribution in [1.29, 1.82) is 0 Å². The van der Waals surface area contributed by atoms with Gasteiger partial charge in [-0.2, -0.15) is 13.2 Å². The van der Waals surface area contributed by atoms with Crippen molar-refractivity contribution in [2.75, 3.05) is 0 Å². The van der Waals surface area contributed by atoms with Crippen molar-refractivity contribution < 1.29 is 27.8 Å². The number of hydrogen-bond donors (Lipinski definition) is 1. The van der Waals surface area contributed by atoms with Gasteiger partial charge in [-0.1, -0.05) is 36.4 Å². The first-order valence-electron chi connectivity index (χ1n) is 10.3. The molecule has 31 heavy (non-hydrogen) atoms. The highest BCUT2D eigenvalue weighted by atomic mass is 19.4. The number of hydrogen-bond acceptors (Lipinski definition) is 2. The Labute approximate surface area is 178 Å². The molecule has 0 radical (unpaired) electrons. The molecule has 0 saturated carbocycles. The largest absolute Gasteiger partial charge is 0.489 e. The summed E-state index contributed by atoms with van der Waals surface area (Å²) in [7, 11) is 0.